The number of hydrogen-bond donors (Lipinski definition) is 0. The molecule has 7 heteroatoms. The van der Waals surface area contributed by atoms with Gasteiger partial charge in [-0.3, -0.25) is 10.1 Å². The molecule has 0 aliphatic carbocycles. The van der Waals surface area contributed by atoms with Crippen LogP contribution in [0.3, 0.4) is 0 Å². The highest BCUT2D eigenvalue weighted by Crippen LogP contribution is 2.32. The van der Waals surface area contributed by atoms with Crippen LogP contribution in [0.25, 0.3) is 11.5 Å². The Kier molecular flexibility index (Phi) is 4.21. The fraction of sp³-hybridized carbons (Fsp3) is 0.412. The minimum atomic E-state index is -0.456. The van der Waals surface area contributed by atoms with E-state index in [0.717, 1.165) is 19.5 Å². The third kappa shape index (κ3) is 3.08. The second-order valence-electron chi connectivity index (χ2n) is 6.44. The molecule has 0 bridgehead atoms. The lowest BCUT2D eigenvalue weighted by Gasteiger charge is -2.34. The van der Waals surface area contributed by atoms with Gasteiger partial charge in [-0.1, -0.05) is 13.8 Å². The van der Waals surface area contributed by atoms with Crippen molar-refractivity contribution in [3.05, 3.63) is 40.1 Å². The maximum absolute atomic E-state index is 10.7. The van der Waals surface area contributed by atoms with Gasteiger partial charge in [0, 0.05) is 30.8 Å². The number of piperidine rings is 1. The Hall–Kier alpha value is -2.88. The topological polar surface area (TPSA) is 96.2 Å². The van der Waals surface area contributed by atoms with Crippen molar-refractivity contribution in [1.82, 2.24) is 4.98 Å². The molecule has 0 radical (unpaired) electrons. The normalized spacial score (nSPS) is 20.6. The molecule has 2 atom stereocenters. The molecule has 1 aliphatic rings. The first-order valence-electron chi connectivity index (χ1n) is 7.88. The van der Waals surface area contributed by atoms with Crippen molar-refractivity contribution in [2.45, 2.75) is 20.3 Å². The third-order valence-electron chi connectivity index (χ3n) is 4.20. The van der Waals surface area contributed by atoms with Crippen molar-refractivity contribution in [1.29, 1.82) is 5.26 Å². The van der Waals surface area contributed by atoms with Crippen LogP contribution in [0.1, 0.15) is 26.0 Å². The number of aromatic nitrogens is 1. The third-order valence-corrected chi connectivity index (χ3v) is 4.20. The number of nitro benzene ring substituents is 1. The summed E-state index contributed by atoms with van der Waals surface area (Å²) in [5.74, 6) is 1.84. The van der Waals surface area contributed by atoms with E-state index in [0.29, 0.717) is 29.2 Å². The molecule has 1 saturated heterocycles. The molecule has 0 N–H and O–H groups in total. The summed E-state index contributed by atoms with van der Waals surface area (Å²) in [5.41, 5.74) is 0.871. The largest absolute Gasteiger partial charge is 0.419 e. The highest BCUT2D eigenvalue weighted by atomic mass is 16.6. The second kappa shape index (κ2) is 6.32. The zero-order chi connectivity index (χ0) is 17.3. The molecule has 7 nitrogen and oxygen atoms in total. The summed E-state index contributed by atoms with van der Waals surface area (Å²) in [5, 5.41) is 20.1. The number of benzene rings is 1. The quantitative estimate of drug-likeness (QED) is 0.631. The first-order valence-corrected chi connectivity index (χ1v) is 7.88. The van der Waals surface area contributed by atoms with E-state index in [2.05, 4.69) is 29.8 Å². The molecule has 2 aromatic rings. The van der Waals surface area contributed by atoms with Crippen LogP contribution in [0, 0.1) is 33.3 Å². The van der Waals surface area contributed by atoms with E-state index in [4.69, 9.17) is 4.42 Å². The van der Waals surface area contributed by atoms with Gasteiger partial charge in [0.05, 0.1) is 4.92 Å². The van der Waals surface area contributed by atoms with Crippen LogP contribution in [-0.4, -0.2) is 23.0 Å². The first kappa shape index (κ1) is 16.0. The number of nitrogens with zero attached hydrogens (tertiary/aromatic N) is 4. The van der Waals surface area contributed by atoms with Crippen LogP contribution in [0.4, 0.5) is 11.6 Å². The number of rotatable bonds is 3. The van der Waals surface area contributed by atoms with Crippen molar-refractivity contribution in [3.8, 4) is 17.5 Å². The molecule has 124 valence electrons. The molecule has 3 rings (SSSR count). The molecule has 0 amide bonds. The van der Waals surface area contributed by atoms with Crippen molar-refractivity contribution in [2.75, 3.05) is 18.0 Å². The van der Waals surface area contributed by atoms with Crippen LogP contribution >= 0.6 is 0 Å². The summed E-state index contributed by atoms with van der Waals surface area (Å²) < 4.78 is 5.85. The van der Waals surface area contributed by atoms with Gasteiger partial charge in [-0.15, -0.1) is 0 Å². The van der Waals surface area contributed by atoms with Gasteiger partial charge in [0.2, 0.25) is 17.5 Å². The molecule has 1 aromatic carbocycles. The number of nitriles is 1. The summed E-state index contributed by atoms with van der Waals surface area (Å²) in [6.07, 6.45) is 1.15. The summed E-state index contributed by atoms with van der Waals surface area (Å²) in [6, 6.07) is 8.05. The average Bonchev–Trinajstić information content (AvgIpc) is 2.98. The zero-order valence-corrected chi connectivity index (χ0v) is 13.6. The minimum absolute atomic E-state index is 0.00437. The van der Waals surface area contributed by atoms with Crippen molar-refractivity contribution < 1.29 is 9.34 Å². The standard InChI is InChI=1S/C17H18N4O3/c1-11-7-12(2)10-20(9-11)17-15(8-18)19-16(24-17)13-3-5-14(6-4-13)21(22)23/h3-6,11-12H,7,9-10H2,1-2H3/t11-,12-/m0/s1. The number of non-ortho nitro benzene ring substituents is 1. The van der Waals surface area contributed by atoms with Crippen molar-refractivity contribution in [3.63, 3.8) is 0 Å². The average molecular weight is 326 g/mol. The van der Waals surface area contributed by atoms with Crippen LogP contribution in [0.2, 0.25) is 0 Å². The van der Waals surface area contributed by atoms with E-state index in [-0.39, 0.29) is 11.4 Å². The number of anilines is 1. The van der Waals surface area contributed by atoms with Crippen LogP contribution in [0.15, 0.2) is 28.7 Å². The Morgan fingerprint density at radius 1 is 1.29 bits per heavy atom. The van der Waals surface area contributed by atoms with Gasteiger partial charge < -0.3 is 9.32 Å². The molecule has 0 spiro atoms. The van der Waals surface area contributed by atoms with E-state index in [1.807, 2.05) is 0 Å². The summed E-state index contributed by atoms with van der Waals surface area (Å²) >= 11 is 0. The molecule has 2 heterocycles. The molecular formula is C17H18N4O3. The Bertz CT molecular complexity index is 781. The molecule has 1 aliphatic heterocycles. The summed E-state index contributed by atoms with van der Waals surface area (Å²) in [4.78, 5) is 16.6. The Morgan fingerprint density at radius 3 is 2.46 bits per heavy atom. The van der Waals surface area contributed by atoms with Gasteiger partial charge in [-0.05, 0) is 30.4 Å². The molecule has 1 fully saturated rings. The van der Waals surface area contributed by atoms with Gasteiger partial charge in [0.1, 0.15) is 6.07 Å². The lowest BCUT2D eigenvalue weighted by Crippen LogP contribution is -2.38. The van der Waals surface area contributed by atoms with Gasteiger partial charge in [-0.25, -0.2) is 0 Å². The Labute approximate surface area is 139 Å². The zero-order valence-electron chi connectivity index (χ0n) is 13.6. The smallest absolute Gasteiger partial charge is 0.269 e. The predicted octanol–water partition coefficient (Wildman–Crippen LogP) is 3.60. The molecule has 0 saturated carbocycles. The highest BCUT2D eigenvalue weighted by molar-refractivity contribution is 5.61. The van der Waals surface area contributed by atoms with E-state index in [9.17, 15) is 15.4 Å². The van der Waals surface area contributed by atoms with Gasteiger partial charge >= 0.3 is 0 Å². The van der Waals surface area contributed by atoms with E-state index in [1.165, 1.54) is 12.1 Å². The number of nitro groups is 1. The number of hydrogen-bond acceptors (Lipinski definition) is 6. The summed E-state index contributed by atoms with van der Waals surface area (Å²) in [6.45, 7) is 6.02. The highest BCUT2D eigenvalue weighted by Gasteiger charge is 2.27. The van der Waals surface area contributed by atoms with E-state index >= 15 is 0 Å². The summed E-state index contributed by atoms with van der Waals surface area (Å²) in [7, 11) is 0. The van der Waals surface area contributed by atoms with Crippen molar-refractivity contribution in [2.24, 2.45) is 11.8 Å². The molecule has 1 aromatic heterocycles. The molecular weight excluding hydrogens is 308 g/mol. The van der Waals surface area contributed by atoms with Gasteiger partial charge in [-0.2, -0.15) is 10.2 Å². The monoisotopic (exact) mass is 326 g/mol. The van der Waals surface area contributed by atoms with Crippen LogP contribution in [-0.2, 0) is 0 Å². The molecule has 0 unspecified atom stereocenters. The fourth-order valence-corrected chi connectivity index (χ4v) is 3.28. The molecule has 24 heavy (non-hydrogen) atoms. The lowest BCUT2D eigenvalue weighted by molar-refractivity contribution is -0.384. The van der Waals surface area contributed by atoms with Crippen LogP contribution in [0.5, 0.6) is 0 Å². The minimum Gasteiger partial charge on any atom is -0.419 e. The van der Waals surface area contributed by atoms with Gasteiger partial charge in [0.25, 0.3) is 5.69 Å². The predicted molar refractivity (Wildman–Crippen MR) is 88.5 cm³/mol. The SMILES string of the molecule is C[C@H]1C[C@H](C)CN(c2oc(-c3ccc([N+](=O)[O-])cc3)nc2C#N)C1. The van der Waals surface area contributed by atoms with E-state index in [1.54, 1.807) is 12.1 Å². The van der Waals surface area contributed by atoms with Crippen molar-refractivity contribution >= 4 is 11.6 Å². The maximum Gasteiger partial charge on any atom is 0.269 e. The Morgan fingerprint density at radius 2 is 1.92 bits per heavy atom. The maximum atomic E-state index is 10.7. The lowest BCUT2D eigenvalue weighted by atomic mass is 9.92. The van der Waals surface area contributed by atoms with E-state index < -0.39 is 4.92 Å². The number of oxazole rings is 1. The van der Waals surface area contributed by atoms with Gasteiger partial charge in [0.15, 0.2) is 0 Å². The second-order valence-corrected chi connectivity index (χ2v) is 6.44. The fourth-order valence-electron chi connectivity index (χ4n) is 3.28. The Balaban J connectivity index is 1.93. The first-order chi connectivity index (χ1) is 11.5. The van der Waals surface area contributed by atoms with Crippen LogP contribution < -0.4 is 4.90 Å².